The van der Waals surface area contributed by atoms with E-state index in [1.54, 1.807) is 12.3 Å². The Morgan fingerprint density at radius 1 is 1.40 bits per heavy atom. The molecule has 0 aromatic heterocycles. The number of rotatable bonds is 1. The van der Waals surface area contributed by atoms with E-state index in [2.05, 4.69) is 23.5 Å². The van der Waals surface area contributed by atoms with Gasteiger partial charge in [-0.05, 0) is 31.1 Å². The first-order valence-corrected chi connectivity index (χ1v) is 7.04. The van der Waals surface area contributed by atoms with Crippen molar-refractivity contribution >= 4 is 5.97 Å². The second-order valence-electron chi connectivity index (χ2n) is 5.57. The number of carboxylic acid groups (broad SMARTS) is 1. The Hall–Kier alpha value is -2.23. The molecule has 4 rings (SSSR count). The molecule has 0 spiro atoms. The summed E-state index contributed by atoms with van der Waals surface area (Å²) in [5.41, 5.74) is 3.89. The third kappa shape index (κ3) is 1.51. The van der Waals surface area contributed by atoms with E-state index < -0.39 is 5.97 Å². The summed E-state index contributed by atoms with van der Waals surface area (Å²) in [7, 11) is 0. The van der Waals surface area contributed by atoms with Crippen molar-refractivity contribution in [3.63, 3.8) is 0 Å². The van der Waals surface area contributed by atoms with Crippen molar-refractivity contribution in [2.45, 2.75) is 12.8 Å². The monoisotopic (exact) mass is 268 g/mol. The van der Waals surface area contributed by atoms with Crippen molar-refractivity contribution in [3.8, 4) is 0 Å². The van der Waals surface area contributed by atoms with E-state index in [-0.39, 0.29) is 0 Å². The van der Waals surface area contributed by atoms with E-state index in [0.29, 0.717) is 17.4 Å². The fourth-order valence-corrected chi connectivity index (χ4v) is 3.59. The van der Waals surface area contributed by atoms with Gasteiger partial charge in [-0.2, -0.15) is 0 Å². The number of piperidine rings is 1. The van der Waals surface area contributed by atoms with Crippen LogP contribution in [0.1, 0.15) is 12.8 Å². The zero-order chi connectivity index (χ0) is 13.7. The maximum absolute atomic E-state index is 11.2. The molecule has 2 unspecified atom stereocenters. The highest BCUT2D eigenvalue weighted by Gasteiger charge is 2.40. The van der Waals surface area contributed by atoms with E-state index >= 15 is 0 Å². The largest absolute Gasteiger partial charge is 0.478 e. The van der Waals surface area contributed by atoms with E-state index in [1.807, 2.05) is 11.0 Å². The number of carbonyl (C=O) groups is 1. The van der Waals surface area contributed by atoms with E-state index in [0.717, 1.165) is 12.2 Å². The lowest BCUT2D eigenvalue weighted by atomic mass is 9.78. The normalized spacial score (nSPS) is 30.1. The van der Waals surface area contributed by atoms with Crippen LogP contribution in [0.4, 0.5) is 0 Å². The molecule has 1 fully saturated rings. The second kappa shape index (κ2) is 4.13. The summed E-state index contributed by atoms with van der Waals surface area (Å²) in [6.07, 6.45) is 14.2. The smallest absolute Gasteiger partial charge is 0.337 e. The molecule has 0 bridgehead atoms. The Morgan fingerprint density at radius 3 is 3.15 bits per heavy atom. The standard InChI is InChI=1S/C16H16N2O2/c19-16(20)10-6-7-14-15-12(4-2-8-17-15)11-3-1-5-13(11)18(14)9-10/h1,3,5-7,9,11-12,17H,2,4,8H2,(H,19,20). The predicted octanol–water partition coefficient (Wildman–Crippen LogP) is 2.12. The van der Waals surface area contributed by atoms with Crippen molar-refractivity contribution < 1.29 is 9.90 Å². The van der Waals surface area contributed by atoms with Crippen LogP contribution in [0.3, 0.4) is 0 Å². The summed E-state index contributed by atoms with van der Waals surface area (Å²) in [6.45, 7) is 1.00. The van der Waals surface area contributed by atoms with Gasteiger partial charge in [0.15, 0.2) is 0 Å². The lowest BCUT2D eigenvalue weighted by Gasteiger charge is -2.43. The van der Waals surface area contributed by atoms with Crippen LogP contribution < -0.4 is 5.32 Å². The Labute approximate surface area is 117 Å². The maximum Gasteiger partial charge on any atom is 0.337 e. The van der Waals surface area contributed by atoms with Gasteiger partial charge in [-0.3, -0.25) is 0 Å². The van der Waals surface area contributed by atoms with E-state index in [4.69, 9.17) is 0 Å². The summed E-state index contributed by atoms with van der Waals surface area (Å²) < 4.78 is 0. The third-order valence-corrected chi connectivity index (χ3v) is 4.49. The molecule has 20 heavy (non-hydrogen) atoms. The van der Waals surface area contributed by atoms with Gasteiger partial charge in [0.1, 0.15) is 0 Å². The number of hydrogen-bond acceptors (Lipinski definition) is 3. The summed E-state index contributed by atoms with van der Waals surface area (Å²) in [5.74, 6) is -0.00379. The predicted molar refractivity (Wildman–Crippen MR) is 75.2 cm³/mol. The zero-order valence-electron chi connectivity index (χ0n) is 11.0. The van der Waals surface area contributed by atoms with Crippen LogP contribution in [0, 0.1) is 11.8 Å². The average Bonchev–Trinajstić information content (AvgIpc) is 2.96. The highest BCUT2D eigenvalue weighted by atomic mass is 16.4. The minimum absolute atomic E-state index is 0.329. The molecule has 3 aliphatic heterocycles. The Kier molecular flexibility index (Phi) is 2.39. The first-order valence-electron chi connectivity index (χ1n) is 7.04. The molecule has 0 aromatic rings. The van der Waals surface area contributed by atoms with Crippen LogP contribution in [-0.4, -0.2) is 22.5 Å². The van der Waals surface area contributed by atoms with Gasteiger partial charge in [-0.15, -0.1) is 0 Å². The Morgan fingerprint density at radius 2 is 2.30 bits per heavy atom. The molecule has 1 saturated heterocycles. The van der Waals surface area contributed by atoms with Crippen molar-refractivity contribution in [2.75, 3.05) is 6.54 Å². The first-order chi connectivity index (χ1) is 9.75. The van der Waals surface area contributed by atoms with Gasteiger partial charge in [0.25, 0.3) is 0 Å². The summed E-state index contributed by atoms with van der Waals surface area (Å²) in [4.78, 5) is 13.2. The molecule has 2 N–H and O–H groups in total. The van der Waals surface area contributed by atoms with Crippen molar-refractivity contribution in [1.82, 2.24) is 10.2 Å². The Balaban J connectivity index is 1.85. The van der Waals surface area contributed by atoms with Crippen molar-refractivity contribution in [2.24, 2.45) is 11.8 Å². The molecule has 0 saturated carbocycles. The molecular weight excluding hydrogens is 252 g/mol. The Bertz CT molecular complexity index is 637. The molecule has 102 valence electrons. The van der Waals surface area contributed by atoms with E-state index in [1.165, 1.54) is 24.2 Å². The van der Waals surface area contributed by atoms with Gasteiger partial charge < -0.3 is 15.3 Å². The number of aliphatic carboxylic acids is 1. The van der Waals surface area contributed by atoms with Crippen LogP contribution in [0.15, 0.2) is 59.2 Å². The lowest BCUT2D eigenvalue weighted by molar-refractivity contribution is -0.132. The maximum atomic E-state index is 11.2. The van der Waals surface area contributed by atoms with Gasteiger partial charge in [-0.25, -0.2) is 4.79 Å². The minimum Gasteiger partial charge on any atom is -0.478 e. The topological polar surface area (TPSA) is 52.6 Å². The molecule has 1 aliphatic carbocycles. The number of allylic oxidation sites excluding steroid dienone is 5. The number of hydrogen-bond donors (Lipinski definition) is 2. The van der Waals surface area contributed by atoms with Crippen molar-refractivity contribution in [1.29, 1.82) is 0 Å². The van der Waals surface area contributed by atoms with Crippen LogP contribution in [0.5, 0.6) is 0 Å². The van der Waals surface area contributed by atoms with Gasteiger partial charge in [0, 0.05) is 36.0 Å². The number of carboxylic acids is 1. The lowest BCUT2D eigenvalue weighted by Crippen LogP contribution is -2.41. The molecule has 4 nitrogen and oxygen atoms in total. The van der Waals surface area contributed by atoms with Crippen LogP contribution >= 0.6 is 0 Å². The first kappa shape index (κ1) is 11.6. The quantitative estimate of drug-likeness (QED) is 0.765. The average molecular weight is 268 g/mol. The van der Waals surface area contributed by atoms with Crippen LogP contribution in [0.2, 0.25) is 0 Å². The highest BCUT2D eigenvalue weighted by molar-refractivity contribution is 5.90. The molecule has 0 aromatic carbocycles. The molecule has 0 radical (unpaired) electrons. The number of fused-ring (bicyclic) bond motifs is 5. The summed E-state index contributed by atoms with van der Waals surface area (Å²) in [5, 5.41) is 12.7. The summed E-state index contributed by atoms with van der Waals surface area (Å²) in [6, 6.07) is 0. The van der Waals surface area contributed by atoms with Crippen LogP contribution in [-0.2, 0) is 4.79 Å². The van der Waals surface area contributed by atoms with Crippen molar-refractivity contribution in [3.05, 3.63) is 59.2 Å². The van der Waals surface area contributed by atoms with Gasteiger partial charge in [0.05, 0.1) is 11.3 Å². The minimum atomic E-state index is -0.882. The molecule has 0 amide bonds. The van der Waals surface area contributed by atoms with Crippen LogP contribution in [0.25, 0.3) is 0 Å². The number of nitrogens with zero attached hydrogens (tertiary/aromatic N) is 1. The van der Waals surface area contributed by atoms with E-state index in [9.17, 15) is 9.90 Å². The van der Waals surface area contributed by atoms with Gasteiger partial charge >= 0.3 is 5.97 Å². The fourth-order valence-electron chi connectivity index (χ4n) is 3.59. The van der Waals surface area contributed by atoms with Gasteiger partial charge in [-0.1, -0.05) is 12.2 Å². The second-order valence-corrected chi connectivity index (χ2v) is 5.57. The molecular formula is C16H16N2O2. The molecule has 4 heteroatoms. The van der Waals surface area contributed by atoms with Gasteiger partial charge in [0.2, 0.25) is 0 Å². The zero-order valence-corrected chi connectivity index (χ0v) is 11.0. The molecule has 3 heterocycles. The molecule has 2 atom stereocenters. The fraction of sp³-hybridized carbons (Fsp3) is 0.312. The third-order valence-electron chi connectivity index (χ3n) is 4.49. The molecule has 4 aliphatic rings. The SMILES string of the molecule is O=C(O)C1=CN2C3=CC=CC3C3CCCNC3=C2C=C1. The summed E-state index contributed by atoms with van der Waals surface area (Å²) >= 11 is 0. The highest BCUT2D eigenvalue weighted by Crippen LogP contribution is 2.45. The number of nitrogens with one attached hydrogen (secondary N) is 1.